The van der Waals surface area contributed by atoms with Crippen LogP contribution in [0.2, 0.25) is 0 Å². The molecule has 0 saturated heterocycles. The molecule has 0 radical (unpaired) electrons. The van der Waals surface area contributed by atoms with E-state index >= 15 is 0 Å². The van der Waals surface area contributed by atoms with Crippen molar-refractivity contribution < 1.29 is 14.3 Å². The Balaban J connectivity index is 1.83. The summed E-state index contributed by atoms with van der Waals surface area (Å²) < 4.78 is 10.6. The summed E-state index contributed by atoms with van der Waals surface area (Å²) in [4.78, 5) is 12.6. The number of carbonyl (C=O) groups excluding carboxylic acids is 1. The van der Waals surface area contributed by atoms with Crippen LogP contribution in [-0.4, -0.2) is 20.1 Å². The molecule has 3 rings (SSSR count). The molecule has 30 heavy (non-hydrogen) atoms. The Morgan fingerprint density at radius 2 is 1.53 bits per heavy atom. The van der Waals surface area contributed by atoms with E-state index < -0.39 is 0 Å². The molecule has 2 aromatic rings. The number of fused-ring (bicyclic) bond motifs is 1. The first kappa shape index (κ1) is 21.9. The summed E-state index contributed by atoms with van der Waals surface area (Å²) in [6.45, 7) is 11.3. The fraction of sp³-hybridized carbons (Fsp3) is 0.423. The van der Waals surface area contributed by atoms with Gasteiger partial charge in [-0.3, -0.25) is 4.79 Å². The maximum atomic E-state index is 12.6. The van der Waals surface area contributed by atoms with Gasteiger partial charge in [0.25, 0.3) is 0 Å². The molecule has 0 aliphatic heterocycles. The van der Waals surface area contributed by atoms with Crippen LogP contribution in [0.25, 0.3) is 6.08 Å². The number of carbonyl (C=O) groups is 1. The standard InChI is InChI=1S/C26H33NO3/c1-17-14-19-20(26(4,5)13-12-25(19,2)3)16-21(17)27-24(28)11-9-18-8-10-22(29-6)23(15-18)30-7/h8-11,14-16H,12-13H2,1-7H3,(H,27,28)/b11-9+. The molecule has 1 aliphatic rings. The van der Waals surface area contributed by atoms with Gasteiger partial charge in [0.2, 0.25) is 5.91 Å². The minimum absolute atomic E-state index is 0.105. The average molecular weight is 408 g/mol. The minimum atomic E-state index is -0.152. The predicted octanol–water partition coefficient (Wildman–Crippen LogP) is 6.01. The summed E-state index contributed by atoms with van der Waals surface area (Å²) in [5, 5.41) is 3.07. The Morgan fingerprint density at radius 3 is 2.13 bits per heavy atom. The van der Waals surface area contributed by atoms with Crippen molar-refractivity contribution in [3.63, 3.8) is 0 Å². The summed E-state index contributed by atoms with van der Waals surface area (Å²) in [6.07, 6.45) is 5.64. The van der Waals surface area contributed by atoms with Crippen LogP contribution in [0.1, 0.15) is 62.8 Å². The lowest BCUT2D eigenvalue weighted by atomic mass is 9.63. The highest BCUT2D eigenvalue weighted by atomic mass is 16.5. The van der Waals surface area contributed by atoms with Gasteiger partial charge in [0, 0.05) is 11.8 Å². The van der Waals surface area contributed by atoms with Crippen LogP contribution in [0.5, 0.6) is 11.5 Å². The molecule has 4 nitrogen and oxygen atoms in total. The van der Waals surface area contributed by atoms with E-state index in [9.17, 15) is 4.79 Å². The Morgan fingerprint density at radius 1 is 0.933 bits per heavy atom. The molecule has 0 unspecified atom stereocenters. The molecule has 0 spiro atoms. The van der Waals surface area contributed by atoms with Crippen LogP contribution in [0.4, 0.5) is 5.69 Å². The molecular formula is C26H33NO3. The maximum absolute atomic E-state index is 12.6. The van der Waals surface area contributed by atoms with Gasteiger partial charge < -0.3 is 14.8 Å². The smallest absolute Gasteiger partial charge is 0.248 e. The van der Waals surface area contributed by atoms with E-state index in [1.165, 1.54) is 17.5 Å². The Hall–Kier alpha value is -2.75. The van der Waals surface area contributed by atoms with E-state index in [1.54, 1.807) is 26.4 Å². The summed E-state index contributed by atoms with van der Waals surface area (Å²) in [7, 11) is 3.20. The number of aryl methyl sites for hydroxylation is 1. The highest BCUT2D eigenvalue weighted by Crippen LogP contribution is 2.47. The van der Waals surface area contributed by atoms with E-state index in [1.807, 2.05) is 18.2 Å². The van der Waals surface area contributed by atoms with Crippen molar-refractivity contribution in [1.29, 1.82) is 0 Å². The zero-order valence-electron chi connectivity index (χ0n) is 19.2. The number of nitrogens with one attached hydrogen (secondary N) is 1. The highest BCUT2D eigenvalue weighted by Gasteiger charge is 2.37. The fourth-order valence-corrected chi connectivity index (χ4v) is 4.16. The third kappa shape index (κ3) is 4.38. The van der Waals surface area contributed by atoms with Crippen molar-refractivity contribution in [3.05, 3.63) is 58.7 Å². The van der Waals surface area contributed by atoms with E-state index in [0.717, 1.165) is 23.2 Å². The lowest BCUT2D eigenvalue weighted by molar-refractivity contribution is -0.111. The van der Waals surface area contributed by atoms with E-state index in [0.29, 0.717) is 11.5 Å². The van der Waals surface area contributed by atoms with Crippen LogP contribution in [0.15, 0.2) is 36.4 Å². The molecule has 0 saturated carbocycles. The summed E-state index contributed by atoms with van der Waals surface area (Å²) in [5.74, 6) is 1.14. The Bertz CT molecular complexity index is 986. The monoisotopic (exact) mass is 407 g/mol. The average Bonchev–Trinajstić information content (AvgIpc) is 2.70. The first-order valence-electron chi connectivity index (χ1n) is 10.4. The number of hydrogen-bond donors (Lipinski definition) is 1. The van der Waals surface area contributed by atoms with Crippen molar-refractivity contribution in [2.24, 2.45) is 0 Å². The number of rotatable bonds is 5. The van der Waals surface area contributed by atoms with E-state index in [4.69, 9.17) is 9.47 Å². The molecule has 1 N–H and O–H groups in total. The molecule has 0 aromatic heterocycles. The first-order valence-corrected chi connectivity index (χ1v) is 10.4. The third-order valence-corrected chi connectivity index (χ3v) is 6.29. The van der Waals surface area contributed by atoms with Crippen molar-refractivity contribution >= 4 is 17.7 Å². The molecule has 4 heteroatoms. The zero-order chi connectivity index (χ0) is 22.1. The van der Waals surface area contributed by atoms with E-state index in [2.05, 4.69) is 52.1 Å². The van der Waals surface area contributed by atoms with Crippen LogP contribution in [0, 0.1) is 6.92 Å². The normalized spacial score (nSPS) is 16.8. The summed E-state index contributed by atoms with van der Waals surface area (Å²) >= 11 is 0. The zero-order valence-corrected chi connectivity index (χ0v) is 19.2. The summed E-state index contributed by atoms with van der Waals surface area (Å²) in [6, 6.07) is 9.99. The molecule has 0 atom stereocenters. The number of anilines is 1. The van der Waals surface area contributed by atoms with Gasteiger partial charge in [-0.05, 0) is 77.1 Å². The van der Waals surface area contributed by atoms with Gasteiger partial charge in [0.05, 0.1) is 14.2 Å². The Kier molecular flexibility index (Phi) is 5.98. The lowest BCUT2D eigenvalue weighted by Gasteiger charge is -2.42. The topological polar surface area (TPSA) is 47.6 Å². The molecule has 0 heterocycles. The van der Waals surface area contributed by atoms with Gasteiger partial charge in [-0.15, -0.1) is 0 Å². The molecule has 0 bridgehead atoms. The van der Waals surface area contributed by atoms with Gasteiger partial charge in [0.15, 0.2) is 11.5 Å². The molecule has 1 amide bonds. The van der Waals surface area contributed by atoms with Crippen molar-refractivity contribution in [2.45, 2.75) is 58.3 Å². The van der Waals surface area contributed by atoms with E-state index in [-0.39, 0.29) is 16.7 Å². The quantitative estimate of drug-likeness (QED) is 0.617. The van der Waals surface area contributed by atoms with Crippen LogP contribution >= 0.6 is 0 Å². The van der Waals surface area contributed by atoms with Crippen LogP contribution in [-0.2, 0) is 15.6 Å². The van der Waals surface area contributed by atoms with Crippen LogP contribution < -0.4 is 14.8 Å². The summed E-state index contributed by atoms with van der Waals surface area (Å²) in [5.41, 5.74) is 5.83. The molecule has 1 aliphatic carbocycles. The second-order valence-electron chi connectivity index (χ2n) is 9.42. The largest absolute Gasteiger partial charge is 0.493 e. The van der Waals surface area contributed by atoms with Gasteiger partial charge in [0.1, 0.15) is 0 Å². The fourth-order valence-electron chi connectivity index (χ4n) is 4.16. The molecule has 2 aromatic carbocycles. The number of benzene rings is 2. The number of hydrogen-bond acceptors (Lipinski definition) is 3. The van der Waals surface area contributed by atoms with Crippen LogP contribution in [0.3, 0.4) is 0 Å². The van der Waals surface area contributed by atoms with Gasteiger partial charge in [-0.25, -0.2) is 0 Å². The third-order valence-electron chi connectivity index (χ3n) is 6.29. The molecule has 160 valence electrons. The number of ether oxygens (including phenoxy) is 2. The Labute approximate surface area is 180 Å². The second kappa shape index (κ2) is 8.17. The minimum Gasteiger partial charge on any atom is -0.493 e. The van der Waals surface area contributed by atoms with Gasteiger partial charge >= 0.3 is 0 Å². The molecule has 0 fully saturated rings. The molecular weight excluding hydrogens is 374 g/mol. The van der Waals surface area contributed by atoms with Crippen molar-refractivity contribution in [1.82, 2.24) is 0 Å². The second-order valence-corrected chi connectivity index (χ2v) is 9.42. The van der Waals surface area contributed by atoms with Crippen molar-refractivity contribution in [3.8, 4) is 11.5 Å². The lowest BCUT2D eigenvalue weighted by Crippen LogP contribution is -2.34. The number of methoxy groups -OCH3 is 2. The first-order chi connectivity index (χ1) is 14.1. The van der Waals surface area contributed by atoms with Crippen molar-refractivity contribution in [2.75, 3.05) is 19.5 Å². The SMILES string of the molecule is COc1ccc(/C=C/C(=O)Nc2cc3c(cc2C)C(C)(C)CCC3(C)C)cc1OC. The maximum Gasteiger partial charge on any atom is 0.248 e. The van der Waals surface area contributed by atoms with Gasteiger partial charge in [-0.1, -0.05) is 39.8 Å². The highest BCUT2D eigenvalue weighted by molar-refractivity contribution is 6.02. The van der Waals surface area contributed by atoms with Gasteiger partial charge in [-0.2, -0.15) is 0 Å². The number of amides is 1. The predicted molar refractivity (Wildman–Crippen MR) is 124 cm³/mol.